The van der Waals surface area contributed by atoms with E-state index >= 15 is 0 Å². The molecule has 8 heteroatoms. The first-order valence-corrected chi connectivity index (χ1v) is 10.7. The fourth-order valence-electron chi connectivity index (χ4n) is 3.65. The van der Waals surface area contributed by atoms with E-state index in [0.717, 1.165) is 43.2 Å². The van der Waals surface area contributed by atoms with Crippen molar-refractivity contribution < 1.29 is 4.79 Å². The summed E-state index contributed by atoms with van der Waals surface area (Å²) in [7, 11) is 0. The van der Waals surface area contributed by atoms with Crippen LogP contribution in [0.1, 0.15) is 49.7 Å². The molecule has 4 rings (SSSR count). The van der Waals surface area contributed by atoms with Gasteiger partial charge in [-0.3, -0.25) is 4.79 Å². The second-order valence-corrected chi connectivity index (χ2v) is 9.20. The van der Waals surface area contributed by atoms with E-state index in [9.17, 15) is 4.79 Å². The van der Waals surface area contributed by atoms with Gasteiger partial charge in [0.25, 0.3) is 0 Å². The molecule has 0 unspecified atom stereocenters. The topological polar surface area (TPSA) is 69.1 Å². The molecule has 0 heterocycles. The van der Waals surface area contributed by atoms with Gasteiger partial charge in [0.05, 0.1) is 25.5 Å². The van der Waals surface area contributed by atoms with Gasteiger partial charge >= 0.3 is 0 Å². The molecule has 0 radical (unpaired) electrons. The maximum Gasteiger partial charge on any atom is 0.228 e. The quantitative estimate of drug-likeness (QED) is 0.499. The third kappa shape index (κ3) is 4.98. The van der Waals surface area contributed by atoms with Crippen LogP contribution in [0.4, 0.5) is 0 Å². The Balaban J connectivity index is 0.000000202. The van der Waals surface area contributed by atoms with Crippen LogP contribution in [-0.4, -0.2) is 5.91 Å². The highest BCUT2D eigenvalue weighted by Crippen LogP contribution is 2.44. The van der Waals surface area contributed by atoms with E-state index in [1.54, 1.807) is 12.1 Å². The standard InChI is InChI=1S/C11H11Cl2NO.C10H11Cl2N.ClH/c12-8-3-2-7(6-9(8)13)11(10(14)15)4-1-5-11;11-8-3-2-7(6-9(8)12)10(13)4-1-5-10;/h2-3,6H,1,4-5H2,(H2,14,15);2-3,6H,1,4-5,13H2;1H. The fourth-order valence-corrected chi connectivity index (χ4v) is 4.25. The first-order valence-electron chi connectivity index (χ1n) is 9.18. The number of nitrogens with two attached hydrogens (primary N) is 2. The first kappa shape index (κ1) is 24.6. The highest BCUT2D eigenvalue weighted by Gasteiger charge is 2.44. The number of amides is 1. The molecule has 0 atom stereocenters. The number of carbonyl (C=O) groups excluding carboxylic acids is 1. The Labute approximate surface area is 197 Å². The summed E-state index contributed by atoms with van der Waals surface area (Å²) in [5.74, 6) is -0.271. The largest absolute Gasteiger partial charge is 0.369 e. The average Bonchev–Trinajstić information content (AvgIpc) is 2.57. The fraction of sp³-hybridized carbons (Fsp3) is 0.381. The molecule has 158 valence electrons. The molecule has 3 nitrogen and oxygen atoms in total. The molecule has 2 fully saturated rings. The molecule has 2 aromatic carbocycles. The second kappa shape index (κ2) is 9.64. The monoisotopic (exact) mass is 494 g/mol. The van der Waals surface area contributed by atoms with Crippen molar-refractivity contribution in [3.63, 3.8) is 0 Å². The molecular formula is C21H23Cl5N2O. The van der Waals surface area contributed by atoms with Crippen molar-refractivity contribution in [1.29, 1.82) is 0 Å². The number of rotatable bonds is 3. The lowest BCUT2D eigenvalue weighted by molar-refractivity contribution is -0.126. The van der Waals surface area contributed by atoms with Gasteiger partial charge in [-0.2, -0.15) is 0 Å². The summed E-state index contributed by atoms with van der Waals surface area (Å²) >= 11 is 23.5. The van der Waals surface area contributed by atoms with Gasteiger partial charge in [-0.15, -0.1) is 12.4 Å². The smallest absolute Gasteiger partial charge is 0.228 e. The van der Waals surface area contributed by atoms with E-state index in [2.05, 4.69) is 0 Å². The summed E-state index contributed by atoms with van der Waals surface area (Å²) in [4.78, 5) is 11.4. The molecule has 2 aromatic rings. The van der Waals surface area contributed by atoms with Crippen molar-refractivity contribution in [2.24, 2.45) is 11.5 Å². The van der Waals surface area contributed by atoms with Crippen molar-refractivity contribution in [2.75, 3.05) is 0 Å². The van der Waals surface area contributed by atoms with E-state index in [-0.39, 0.29) is 23.9 Å². The van der Waals surface area contributed by atoms with Crippen molar-refractivity contribution >= 4 is 64.7 Å². The molecular weight excluding hydrogens is 474 g/mol. The SMILES string of the molecule is Cl.NC(=O)C1(c2ccc(Cl)c(Cl)c2)CCC1.NC1(c2ccc(Cl)c(Cl)c2)CCC1. The van der Waals surface area contributed by atoms with Gasteiger partial charge in [0.15, 0.2) is 0 Å². The Hall–Kier alpha value is -0.680. The van der Waals surface area contributed by atoms with Gasteiger partial charge in [0.1, 0.15) is 0 Å². The molecule has 0 bridgehead atoms. The van der Waals surface area contributed by atoms with Crippen LogP contribution in [0.25, 0.3) is 0 Å². The lowest BCUT2D eigenvalue weighted by atomic mass is 9.64. The predicted octanol–water partition coefficient (Wildman–Crippen LogP) is 6.65. The normalized spacial score (nSPS) is 18.2. The lowest BCUT2D eigenvalue weighted by Crippen LogP contribution is -2.46. The summed E-state index contributed by atoms with van der Waals surface area (Å²) in [5.41, 5.74) is 12.9. The highest BCUT2D eigenvalue weighted by atomic mass is 35.5. The van der Waals surface area contributed by atoms with E-state index in [4.69, 9.17) is 57.9 Å². The average molecular weight is 497 g/mol. The molecule has 0 aliphatic heterocycles. The zero-order chi connectivity index (χ0) is 20.5. The van der Waals surface area contributed by atoms with Crippen LogP contribution in [0.2, 0.25) is 20.1 Å². The van der Waals surface area contributed by atoms with Crippen LogP contribution in [0.15, 0.2) is 36.4 Å². The van der Waals surface area contributed by atoms with Crippen LogP contribution in [0, 0.1) is 0 Å². The van der Waals surface area contributed by atoms with E-state index in [1.807, 2.05) is 24.3 Å². The number of benzene rings is 2. The summed E-state index contributed by atoms with van der Waals surface area (Å²) < 4.78 is 0. The predicted molar refractivity (Wildman–Crippen MR) is 125 cm³/mol. The minimum Gasteiger partial charge on any atom is -0.369 e. The molecule has 4 N–H and O–H groups in total. The Bertz CT molecular complexity index is 895. The molecule has 2 saturated carbocycles. The summed E-state index contributed by atoms with van der Waals surface area (Å²) in [5, 5.41) is 2.16. The number of hydrogen-bond acceptors (Lipinski definition) is 2. The number of hydrogen-bond donors (Lipinski definition) is 2. The zero-order valence-corrected chi connectivity index (χ0v) is 19.5. The summed E-state index contributed by atoms with van der Waals surface area (Å²) in [6.07, 6.45) is 5.94. The zero-order valence-electron chi connectivity index (χ0n) is 15.7. The third-order valence-corrected chi connectivity index (χ3v) is 7.37. The number of carbonyl (C=O) groups is 1. The van der Waals surface area contributed by atoms with Gasteiger partial charge in [-0.05, 0) is 67.5 Å². The second-order valence-electron chi connectivity index (χ2n) is 7.57. The Kier molecular flexibility index (Phi) is 8.17. The van der Waals surface area contributed by atoms with Gasteiger partial charge in [-0.1, -0.05) is 65.0 Å². The van der Waals surface area contributed by atoms with Crippen LogP contribution in [-0.2, 0) is 15.7 Å². The summed E-state index contributed by atoms with van der Waals surface area (Å²) in [6, 6.07) is 10.9. The lowest BCUT2D eigenvalue weighted by Gasteiger charge is -2.39. The van der Waals surface area contributed by atoms with Crippen molar-refractivity contribution in [3.8, 4) is 0 Å². The van der Waals surface area contributed by atoms with Gasteiger partial charge < -0.3 is 11.5 Å². The van der Waals surface area contributed by atoms with Crippen LogP contribution >= 0.6 is 58.8 Å². The van der Waals surface area contributed by atoms with Gasteiger partial charge in [0.2, 0.25) is 5.91 Å². The number of halogens is 5. The van der Waals surface area contributed by atoms with Gasteiger partial charge in [-0.25, -0.2) is 0 Å². The van der Waals surface area contributed by atoms with Crippen LogP contribution in [0.3, 0.4) is 0 Å². The molecule has 2 aliphatic carbocycles. The van der Waals surface area contributed by atoms with Crippen molar-refractivity contribution in [2.45, 2.75) is 49.5 Å². The Morgan fingerprint density at radius 1 is 0.759 bits per heavy atom. The van der Waals surface area contributed by atoms with Crippen LogP contribution < -0.4 is 11.5 Å². The maximum atomic E-state index is 11.4. The maximum absolute atomic E-state index is 11.4. The van der Waals surface area contributed by atoms with E-state index in [1.165, 1.54) is 6.42 Å². The third-order valence-electron chi connectivity index (χ3n) is 5.89. The minimum absolute atomic E-state index is 0. The van der Waals surface area contributed by atoms with Crippen LogP contribution in [0.5, 0.6) is 0 Å². The van der Waals surface area contributed by atoms with Crippen molar-refractivity contribution in [3.05, 3.63) is 67.6 Å². The Morgan fingerprint density at radius 3 is 1.55 bits per heavy atom. The van der Waals surface area contributed by atoms with E-state index < -0.39 is 5.41 Å². The van der Waals surface area contributed by atoms with Gasteiger partial charge in [0, 0.05) is 5.54 Å². The highest BCUT2D eigenvalue weighted by molar-refractivity contribution is 6.42. The molecule has 0 spiro atoms. The molecule has 0 aromatic heterocycles. The van der Waals surface area contributed by atoms with Crippen molar-refractivity contribution in [1.82, 2.24) is 0 Å². The molecule has 1 amide bonds. The molecule has 0 saturated heterocycles. The van der Waals surface area contributed by atoms with E-state index in [0.29, 0.717) is 20.1 Å². The minimum atomic E-state index is -0.506. The first-order chi connectivity index (χ1) is 13.2. The summed E-state index contributed by atoms with van der Waals surface area (Å²) in [6.45, 7) is 0. The molecule has 2 aliphatic rings. The molecule has 29 heavy (non-hydrogen) atoms. The number of primary amides is 1. The Morgan fingerprint density at radius 2 is 1.21 bits per heavy atom.